The van der Waals surface area contributed by atoms with Crippen LogP contribution in [0.25, 0.3) is 0 Å². The molecule has 0 radical (unpaired) electrons. The molecule has 0 fully saturated rings. The number of nitrogens with one attached hydrogen (secondary N) is 2. The molecule has 0 heterocycles. The molecule has 0 bridgehead atoms. The molecule has 1 unspecified atom stereocenters. The zero-order chi connectivity index (χ0) is 15.7. The van der Waals surface area contributed by atoms with Gasteiger partial charge in [0.05, 0.1) is 6.54 Å². The average molecular weight is 302 g/mol. The highest BCUT2D eigenvalue weighted by atomic mass is 19.2. The molecule has 21 heavy (non-hydrogen) atoms. The predicted octanol–water partition coefficient (Wildman–Crippen LogP) is 1.80. The van der Waals surface area contributed by atoms with Gasteiger partial charge in [0.25, 0.3) is 0 Å². The Hall–Kier alpha value is -1.89. The Morgan fingerprint density at radius 2 is 2.14 bits per heavy atom. The van der Waals surface area contributed by atoms with Gasteiger partial charge in [0, 0.05) is 18.7 Å². The van der Waals surface area contributed by atoms with Crippen LogP contribution in [0.2, 0.25) is 0 Å². The molecule has 2 amide bonds. The Bertz CT molecular complexity index is 458. The molecule has 118 valence electrons. The molecule has 7 heteroatoms. The molecule has 0 saturated carbocycles. The maximum Gasteiger partial charge on any atom is 0.315 e. The van der Waals surface area contributed by atoms with Gasteiger partial charge in [0.2, 0.25) is 0 Å². The molecule has 5 nitrogen and oxygen atoms in total. The molecule has 1 rings (SSSR count). The van der Waals surface area contributed by atoms with E-state index in [1.807, 2.05) is 6.92 Å². The quantitative estimate of drug-likeness (QED) is 0.641. The first-order valence-electron chi connectivity index (χ1n) is 6.79. The van der Waals surface area contributed by atoms with Crippen molar-refractivity contribution in [2.24, 2.45) is 0 Å². The van der Waals surface area contributed by atoms with Crippen LogP contribution in [0.4, 0.5) is 13.6 Å². The molecule has 1 aromatic rings. The van der Waals surface area contributed by atoms with Gasteiger partial charge in [-0.15, -0.1) is 0 Å². The van der Waals surface area contributed by atoms with Gasteiger partial charge in [-0.1, -0.05) is 6.92 Å². The third-order valence-corrected chi connectivity index (χ3v) is 2.85. The third kappa shape index (κ3) is 6.40. The molecule has 3 N–H and O–H groups in total. The van der Waals surface area contributed by atoms with Gasteiger partial charge in [-0.05, 0) is 25.0 Å². The van der Waals surface area contributed by atoms with Crippen LogP contribution in [0, 0.1) is 11.6 Å². The number of rotatable bonds is 8. The molecule has 0 aliphatic rings. The van der Waals surface area contributed by atoms with E-state index in [4.69, 9.17) is 9.84 Å². The fourth-order valence-corrected chi connectivity index (χ4v) is 1.67. The molecule has 0 saturated heterocycles. The first-order valence-corrected chi connectivity index (χ1v) is 6.79. The molecule has 0 aliphatic carbocycles. The van der Waals surface area contributed by atoms with Crippen LogP contribution >= 0.6 is 0 Å². The summed E-state index contributed by atoms with van der Waals surface area (Å²) in [5, 5.41) is 14.1. The number of carbonyl (C=O) groups is 1. The van der Waals surface area contributed by atoms with Gasteiger partial charge in [-0.25, -0.2) is 13.6 Å². The van der Waals surface area contributed by atoms with Crippen molar-refractivity contribution in [3.8, 4) is 5.75 Å². The molecular formula is C14H20F2N2O3. The lowest BCUT2D eigenvalue weighted by molar-refractivity contribution is 0.224. The summed E-state index contributed by atoms with van der Waals surface area (Å²) in [6.07, 6.45) is 1.22. The smallest absolute Gasteiger partial charge is 0.315 e. The van der Waals surface area contributed by atoms with Crippen molar-refractivity contribution in [3.05, 3.63) is 29.8 Å². The van der Waals surface area contributed by atoms with Crippen LogP contribution in [-0.2, 0) is 0 Å². The van der Waals surface area contributed by atoms with Crippen molar-refractivity contribution in [2.75, 3.05) is 19.8 Å². The highest BCUT2D eigenvalue weighted by molar-refractivity contribution is 5.74. The summed E-state index contributed by atoms with van der Waals surface area (Å²) in [7, 11) is 0. The van der Waals surface area contributed by atoms with Gasteiger partial charge in [0.15, 0.2) is 11.6 Å². The van der Waals surface area contributed by atoms with Crippen molar-refractivity contribution in [1.29, 1.82) is 0 Å². The van der Waals surface area contributed by atoms with Gasteiger partial charge in [-0.2, -0.15) is 0 Å². The fourth-order valence-electron chi connectivity index (χ4n) is 1.67. The number of aliphatic hydroxyl groups excluding tert-OH is 1. The Labute approximate surface area is 122 Å². The average Bonchev–Trinajstić information content (AvgIpc) is 2.46. The standard InChI is InChI=1S/C14H20F2N2O3/c1-2-10(5-7-19)18-14(20)17-6-8-21-11-3-4-12(15)13(16)9-11/h3-4,9-10,19H,2,5-8H2,1H3,(H2,17,18,20). The van der Waals surface area contributed by atoms with Crippen molar-refractivity contribution in [1.82, 2.24) is 10.6 Å². The van der Waals surface area contributed by atoms with Crippen LogP contribution in [-0.4, -0.2) is 36.9 Å². The number of carbonyl (C=O) groups excluding carboxylic acids is 1. The highest BCUT2D eigenvalue weighted by Gasteiger charge is 2.09. The number of hydrogen-bond acceptors (Lipinski definition) is 3. The predicted molar refractivity (Wildman–Crippen MR) is 74.2 cm³/mol. The van der Waals surface area contributed by atoms with E-state index < -0.39 is 11.6 Å². The van der Waals surface area contributed by atoms with E-state index in [1.54, 1.807) is 0 Å². The van der Waals surface area contributed by atoms with Crippen LogP contribution in [0.5, 0.6) is 5.75 Å². The third-order valence-electron chi connectivity index (χ3n) is 2.85. The summed E-state index contributed by atoms with van der Waals surface area (Å²) < 4.78 is 30.8. The normalized spacial score (nSPS) is 11.8. The van der Waals surface area contributed by atoms with Crippen molar-refractivity contribution < 1.29 is 23.4 Å². The van der Waals surface area contributed by atoms with E-state index >= 15 is 0 Å². The maximum atomic E-state index is 12.9. The number of hydrogen-bond donors (Lipinski definition) is 3. The van der Waals surface area contributed by atoms with E-state index in [0.29, 0.717) is 6.42 Å². The fraction of sp³-hybridized carbons (Fsp3) is 0.500. The molecule has 1 atom stereocenters. The number of urea groups is 1. The van der Waals surface area contributed by atoms with Crippen LogP contribution < -0.4 is 15.4 Å². The topological polar surface area (TPSA) is 70.6 Å². The minimum Gasteiger partial charge on any atom is -0.492 e. The molecule has 1 aromatic carbocycles. The van der Waals surface area contributed by atoms with Gasteiger partial charge in [0.1, 0.15) is 12.4 Å². The summed E-state index contributed by atoms with van der Waals surface area (Å²) in [4.78, 5) is 11.5. The lowest BCUT2D eigenvalue weighted by Gasteiger charge is -2.16. The van der Waals surface area contributed by atoms with Crippen LogP contribution in [0.1, 0.15) is 19.8 Å². The number of halogens is 2. The Morgan fingerprint density at radius 1 is 1.38 bits per heavy atom. The van der Waals surface area contributed by atoms with Crippen LogP contribution in [0.3, 0.4) is 0 Å². The van der Waals surface area contributed by atoms with Crippen molar-refractivity contribution in [3.63, 3.8) is 0 Å². The van der Waals surface area contributed by atoms with Gasteiger partial charge >= 0.3 is 6.03 Å². The summed E-state index contributed by atoms with van der Waals surface area (Å²) in [5.41, 5.74) is 0. The lowest BCUT2D eigenvalue weighted by atomic mass is 10.2. The minimum absolute atomic E-state index is 0.0119. The highest BCUT2D eigenvalue weighted by Crippen LogP contribution is 2.14. The largest absolute Gasteiger partial charge is 0.492 e. The monoisotopic (exact) mass is 302 g/mol. The Morgan fingerprint density at radius 3 is 2.76 bits per heavy atom. The van der Waals surface area contributed by atoms with E-state index in [0.717, 1.165) is 18.6 Å². The van der Waals surface area contributed by atoms with Crippen molar-refractivity contribution >= 4 is 6.03 Å². The molecule has 0 aromatic heterocycles. The van der Waals surface area contributed by atoms with E-state index in [-0.39, 0.29) is 37.6 Å². The second-order valence-electron chi connectivity index (χ2n) is 4.44. The van der Waals surface area contributed by atoms with Gasteiger partial charge in [-0.3, -0.25) is 0 Å². The lowest BCUT2D eigenvalue weighted by Crippen LogP contribution is -2.43. The summed E-state index contributed by atoms with van der Waals surface area (Å²) >= 11 is 0. The SMILES string of the molecule is CCC(CCO)NC(=O)NCCOc1ccc(F)c(F)c1. The number of amides is 2. The molecular weight excluding hydrogens is 282 g/mol. The van der Waals surface area contributed by atoms with Gasteiger partial charge < -0.3 is 20.5 Å². The Kier molecular flexibility index (Phi) is 7.45. The first-order chi connectivity index (χ1) is 10.1. The zero-order valence-corrected chi connectivity index (χ0v) is 11.9. The summed E-state index contributed by atoms with van der Waals surface area (Å²) in [5.74, 6) is -1.72. The maximum absolute atomic E-state index is 12.9. The molecule has 0 aliphatic heterocycles. The zero-order valence-electron chi connectivity index (χ0n) is 11.9. The second kappa shape index (κ2) is 9.12. The Balaban J connectivity index is 2.24. The van der Waals surface area contributed by atoms with Crippen LogP contribution in [0.15, 0.2) is 18.2 Å². The second-order valence-corrected chi connectivity index (χ2v) is 4.44. The first kappa shape index (κ1) is 17.2. The van der Waals surface area contributed by atoms with Crippen molar-refractivity contribution in [2.45, 2.75) is 25.8 Å². The summed E-state index contributed by atoms with van der Waals surface area (Å²) in [6.45, 7) is 2.28. The molecule has 0 spiro atoms. The number of ether oxygens (including phenoxy) is 1. The minimum atomic E-state index is -0.979. The van der Waals surface area contributed by atoms with E-state index in [2.05, 4.69) is 10.6 Å². The number of benzene rings is 1. The number of aliphatic hydroxyl groups is 1. The summed E-state index contributed by atoms with van der Waals surface area (Å²) in [6, 6.07) is 2.80. The van der Waals surface area contributed by atoms with E-state index in [9.17, 15) is 13.6 Å². The van der Waals surface area contributed by atoms with E-state index in [1.165, 1.54) is 6.07 Å².